The summed E-state index contributed by atoms with van der Waals surface area (Å²) in [6, 6.07) is 5.33. The zero-order valence-electron chi connectivity index (χ0n) is 13.8. The Morgan fingerprint density at radius 3 is 2.35 bits per heavy atom. The Balaban J connectivity index is 2.80. The highest BCUT2D eigenvalue weighted by molar-refractivity contribution is 5.45. The van der Waals surface area contributed by atoms with Crippen LogP contribution in [-0.4, -0.2) is 24.1 Å². The molecule has 1 aromatic heterocycles. The van der Waals surface area contributed by atoms with Crippen LogP contribution in [0.5, 0.6) is 0 Å². The Labute approximate surface area is 124 Å². The first-order valence-electron chi connectivity index (χ1n) is 8.13. The maximum Gasteiger partial charge on any atom is 0.0574 e. The van der Waals surface area contributed by atoms with E-state index in [1.54, 1.807) is 0 Å². The van der Waals surface area contributed by atoms with Gasteiger partial charge in [-0.3, -0.25) is 4.98 Å². The molecule has 3 heteroatoms. The third-order valence-electron chi connectivity index (χ3n) is 3.97. The van der Waals surface area contributed by atoms with E-state index in [0.29, 0.717) is 12.1 Å². The van der Waals surface area contributed by atoms with Crippen molar-refractivity contribution in [2.24, 2.45) is 0 Å². The van der Waals surface area contributed by atoms with E-state index in [1.165, 1.54) is 5.69 Å². The number of anilines is 1. The molecule has 0 saturated carbocycles. The minimum absolute atomic E-state index is 0.377. The molecule has 2 unspecified atom stereocenters. The molecule has 0 aliphatic rings. The quantitative estimate of drug-likeness (QED) is 0.734. The van der Waals surface area contributed by atoms with Crippen LogP contribution < -0.4 is 10.2 Å². The molecule has 1 aromatic rings. The first-order chi connectivity index (χ1) is 9.67. The van der Waals surface area contributed by atoms with Crippen molar-refractivity contribution < 1.29 is 0 Å². The number of nitrogens with zero attached hydrogens (tertiary/aromatic N) is 2. The second-order valence-corrected chi connectivity index (χ2v) is 5.40. The third-order valence-corrected chi connectivity index (χ3v) is 3.97. The van der Waals surface area contributed by atoms with Gasteiger partial charge in [0, 0.05) is 18.6 Å². The van der Waals surface area contributed by atoms with Crippen molar-refractivity contribution >= 4 is 5.69 Å². The van der Waals surface area contributed by atoms with Crippen molar-refractivity contribution in [3.8, 4) is 0 Å². The molecule has 0 aliphatic heterocycles. The van der Waals surface area contributed by atoms with Crippen LogP contribution in [0.3, 0.4) is 0 Å². The maximum absolute atomic E-state index is 4.68. The fourth-order valence-corrected chi connectivity index (χ4v) is 2.52. The second-order valence-electron chi connectivity index (χ2n) is 5.40. The van der Waals surface area contributed by atoms with Gasteiger partial charge in [-0.1, -0.05) is 20.8 Å². The highest BCUT2D eigenvalue weighted by atomic mass is 15.2. The molecule has 2 atom stereocenters. The van der Waals surface area contributed by atoms with Crippen molar-refractivity contribution in [2.75, 3.05) is 18.0 Å². The normalized spacial score (nSPS) is 14.1. The molecule has 1 heterocycles. The zero-order valence-corrected chi connectivity index (χ0v) is 13.8. The lowest BCUT2D eigenvalue weighted by atomic mass is 10.1. The van der Waals surface area contributed by atoms with E-state index in [1.807, 2.05) is 6.20 Å². The molecule has 3 nitrogen and oxygen atoms in total. The summed E-state index contributed by atoms with van der Waals surface area (Å²) < 4.78 is 0. The second kappa shape index (κ2) is 8.96. The molecular formula is C17H31N3. The standard InChI is InChI=1S/C17H31N3/c1-6-12-18-16(8-3)17-11-10-15(13-19-17)20(9-4)14(5)7-2/h10-11,13-14,16,18H,6-9,12H2,1-5H3. The highest BCUT2D eigenvalue weighted by Gasteiger charge is 2.13. The Hall–Kier alpha value is -1.09. The van der Waals surface area contributed by atoms with E-state index in [2.05, 4.69) is 62.0 Å². The number of rotatable bonds is 9. The van der Waals surface area contributed by atoms with Gasteiger partial charge < -0.3 is 10.2 Å². The first-order valence-corrected chi connectivity index (χ1v) is 8.13. The fraction of sp³-hybridized carbons (Fsp3) is 0.706. The third kappa shape index (κ3) is 4.48. The predicted molar refractivity (Wildman–Crippen MR) is 88.3 cm³/mol. The molecule has 114 valence electrons. The summed E-state index contributed by atoms with van der Waals surface area (Å²) in [4.78, 5) is 7.10. The van der Waals surface area contributed by atoms with Crippen LogP contribution in [0.25, 0.3) is 0 Å². The molecule has 0 amide bonds. The van der Waals surface area contributed by atoms with Crippen LogP contribution in [0.15, 0.2) is 18.3 Å². The lowest BCUT2D eigenvalue weighted by molar-refractivity contribution is 0.507. The smallest absolute Gasteiger partial charge is 0.0574 e. The van der Waals surface area contributed by atoms with Gasteiger partial charge in [-0.2, -0.15) is 0 Å². The Morgan fingerprint density at radius 1 is 1.15 bits per heavy atom. The summed E-state index contributed by atoms with van der Waals surface area (Å²) in [6.45, 7) is 13.2. The molecule has 0 bridgehead atoms. The maximum atomic E-state index is 4.68. The van der Waals surface area contributed by atoms with Crippen LogP contribution in [0.2, 0.25) is 0 Å². The number of pyridine rings is 1. The van der Waals surface area contributed by atoms with Gasteiger partial charge >= 0.3 is 0 Å². The Kier molecular flexibility index (Phi) is 7.60. The first kappa shape index (κ1) is 17.0. The van der Waals surface area contributed by atoms with Crippen molar-refractivity contribution in [3.05, 3.63) is 24.0 Å². The van der Waals surface area contributed by atoms with Crippen LogP contribution in [0.4, 0.5) is 5.69 Å². The van der Waals surface area contributed by atoms with Crippen LogP contribution in [0, 0.1) is 0 Å². The van der Waals surface area contributed by atoms with Crippen molar-refractivity contribution in [3.63, 3.8) is 0 Å². The van der Waals surface area contributed by atoms with E-state index in [0.717, 1.165) is 38.0 Å². The zero-order chi connectivity index (χ0) is 15.0. The lowest BCUT2D eigenvalue weighted by Gasteiger charge is -2.29. The van der Waals surface area contributed by atoms with Gasteiger partial charge in [-0.25, -0.2) is 0 Å². The largest absolute Gasteiger partial charge is 0.368 e. The predicted octanol–water partition coefficient (Wildman–Crippen LogP) is 4.16. The summed E-state index contributed by atoms with van der Waals surface area (Å²) in [5.41, 5.74) is 2.39. The van der Waals surface area contributed by atoms with Gasteiger partial charge in [0.1, 0.15) is 0 Å². The fourth-order valence-electron chi connectivity index (χ4n) is 2.52. The monoisotopic (exact) mass is 277 g/mol. The molecule has 1 rings (SSSR count). The molecule has 0 radical (unpaired) electrons. The summed E-state index contributed by atoms with van der Waals surface area (Å²) in [6.07, 6.45) is 5.42. The molecule has 0 fully saturated rings. The molecule has 20 heavy (non-hydrogen) atoms. The van der Waals surface area contributed by atoms with Crippen molar-refractivity contribution in [1.82, 2.24) is 10.3 Å². The minimum Gasteiger partial charge on any atom is -0.368 e. The van der Waals surface area contributed by atoms with Gasteiger partial charge in [0.15, 0.2) is 0 Å². The molecule has 0 spiro atoms. The van der Waals surface area contributed by atoms with E-state index in [-0.39, 0.29) is 0 Å². The van der Waals surface area contributed by atoms with Crippen LogP contribution in [-0.2, 0) is 0 Å². The van der Waals surface area contributed by atoms with Gasteiger partial charge in [0.2, 0.25) is 0 Å². The number of aromatic nitrogens is 1. The SMILES string of the molecule is CCCNC(CC)c1ccc(N(CC)C(C)CC)cn1. The molecule has 0 saturated heterocycles. The molecule has 1 N–H and O–H groups in total. The number of hydrogen-bond donors (Lipinski definition) is 1. The minimum atomic E-state index is 0.377. The van der Waals surface area contributed by atoms with E-state index >= 15 is 0 Å². The number of hydrogen-bond acceptors (Lipinski definition) is 3. The topological polar surface area (TPSA) is 28.2 Å². The average Bonchev–Trinajstić information content (AvgIpc) is 2.49. The van der Waals surface area contributed by atoms with Crippen molar-refractivity contribution in [1.29, 1.82) is 0 Å². The van der Waals surface area contributed by atoms with Gasteiger partial charge in [-0.15, -0.1) is 0 Å². The Morgan fingerprint density at radius 2 is 1.90 bits per heavy atom. The molecule has 0 aliphatic carbocycles. The van der Waals surface area contributed by atoms with E-state index < -0.39 is 0 Å². The highest BCUT2D eigenvalue weighted by Crippen LogP contribution is 2.21. The van der Waals surface area contributed by atoms with Crippen LogP contribution in [0.1, 0.15) is 65.6 Å². The van der Waals surface area contributed by atoms with Gasteiger partial charge in [-0.05, 0) is 51.8 Å². The number of nitrogens with one attached hydrogen (secondary N) is 1. The van der Waals surface area contributed by atoms with Gasteiger partial charge in [0.25, 0.3) is 0 Å². The average molecular weight is 277 g/mol. The van der Waals surface area contributed by atoms with Crippen LogP contribution >= 0.6 is 0 Å². The Bertz CT molecular complexity index is 361. The summed E-state index contributed by atoms with van der Waals surface area (Å²) >= 11 is 0. The lowest BCUT2D eigenvalue weighted by Crippen LogP contribution is -2.32. The van der Waals surface area contributed by atoms with Gasteiger partial charge in [0.05, 0.1) is 17.6 Å². The summed E-state index contributed by atoms with van der Waals surface area (Å²) in [5.74, 6) is 0. The van der Waals surface area contributed by atoms with E-state index in [4.69, 9.17) is 0 Å². The summed E-state index contributed by atoms with van der Waals surface area (Å²) in [7, 11) is 0. The van der Waals surface area contributed by atoms with E-state index in [9.17, 15) is 0 Å². The molecular weight excluding hydrogens is 246 g/mol. The summed E-state index contributed by atoms with van der Waals surface area (Å²) in [5, 5.41) is 3.56. The molecule has 0 aromatic carbocycles. The van der Waals surface area contributed by atoms with Crippen molar-refractivity contribution in [2.45, 2.75) is 66.0 Å².